The van der Waals surface area contributed by atoms with E-state index in [1.807, 2.05) is 19.1 Å². The van der Waals surface area contributed by atoms with E-state index >= 15 is 0 Å². The van der Waals surface area contributed by atoms with Crippen LogP contribution in [-0.2, 0) is 4.79 Å². The zero-order valence-electron chi connectivity index (χ0n) is 14.5. The summed E-state index contributed by atoms with van der Waals surface area (Å²) in [5, 5.41) is 3.82. The van der Waals surface area contributed by atoms with Gasteiger partial charge in [-0.15, -0.1) is 0 Å². The van der Waals surface area contributed by atoms with Crippen molar-refractivity contribution in [2.75, 3.05) is 19.5 Å². The molecule has 8 heteroatoms. The molecule has 0 aliphatic heterocycles. The summed E-state index contributed by atoms with van der Waals surface area (Å²) in [5.41, 5.74) is 2.29. The number of H-pyrrole nitrogens is 1. The number of fused-ring (bicyclic) bond motifs is 1. The topological polar surface area (TPSA) is 76.2 Å². The summed E-state index contributed by atoms with van der Waals surface area (Å²) in [7, 11) is 3.12. The molecule has 1 atom stereocenters. The quantitative estimate of drug-likeness (QED) is 0.611. The zero-order valence-corrected chi connectivity index (χ0v) is 16.1. The lowest BCUT2D eigenvalue weighted by molar-refractivity contribution is -0.115. The molecule has 2 aromatic carbocycles. The number of aromatic nitrogens is 2. The van der Waals surface area contributed by atoms with Crippen molar-refractivity contribution < 1.29 is 14.3 Å². The van der Waals surface area contributed by atoms with Crippen molar-refractivity contribution >= 4 is 46.0 Å². The number of halogens is 1. The van der Waals surface area contributed by atoms with E-state index in [0.29, 0.717) is 27.4 Å². The van der Waals surface area contributed by atoms with Crippen molar-refractivity contribution in [3.05, 3.63) is 41.4 Å². The van der Waals surface area contributed by atoms with Crippen molar-refractivity contribution in [2.24, 2.45) is 0 Å². The molecule has 1 aromatic heterocycles. The highest BCUT2D eigenvalue weighted by molar-refractivity contribution is 8.00. The molecule has 0 fully saturated rings. The van der Waals surface area contributed by atoms with Gasteiger partial charge in [-0.05, 0) is 37.3 Å². The Bertz CT molecular complexity index is 945. The van der Waals surface area contributed by atoms with Gasteiger partial charge in [-0.1, -0.05) is 23.4 Å². The minimum absolute atomic E-state index is 0.138. The Morgan fingerprint density at radius 2 is 1.96 bits per heavy atom. The molecule has 0 radical (unpaired) electrons. The van der Waals surface area contributed by atoms with Crippen molar-refractivity contribution in [3.8, 4) is 11.5 Å². The number of methoxy groups -OCH3 is 2. The fourth-order valence-corrected chi connectivity index (χ4v) is 3.39. The molecule has 0 saturated carbocycles. The molecule has 0 spiro atoms. The molecule has 1 unspecified atom stereocenters. The molecule has 0 saturated heterocycles. The van der Waals surface area contributed by atoms with Crippen LogP contribution in [0.5, 0.6) is 11.5 Å². The van der Waals surface area contributed by atoms with Gasteiger partial charge in [0.25, 0.3) is 0 Å². The van der Waals surface area contributed by atoms with E-state index in [0.717, 1.165) is 11.0 Å². The highest BCUT2D eigenvalue weighted by Gasteiger charge is 2.17. The molecule has 6 nitrogen and oxygen atoms in total. The average Bonchev–Trinajstić information content (AvgIpc) is 3.02. The van der Waals surface area contributed by atoms with Gasteiger partial charge in [-0.25, -0.2) is 4.98 Å². The summed E-state index contributed by atoms with van der Waals surface area (Å²) < 4.78 is 10.4. The predicted octanol–water partition coefficient (Wildman–Crippen LogP) is 4.35. The van der Waals surface area contributed by atoms with Crippen LogP contribution in [0, 0.1) is 0 Å². The van der Waals surface area contributed by atoms with Crippen molar-refractivity contribution in [1.82, 2.24) is 9.97 Å². The number of hydrogen-bond acceptors (Lipinski definition) is 5. The molecule has 1 amide bonds. The monoisotopic (exact) mass is 391 g/mol. The van der Waals surface area contributed by atoms with Gasteiger partial charge in [0.15, 0.2) is 16.7 Å². The number of anilines is 1. The van der Waals surface area contributed by atoms with E-state index in [9.17, 15) is 4.79 Å². The number of hydrogen-bond donors (Lipinski definition) is 2. The number of amides is 1. The Morgan fingerprint density at radius 1 is 1.19 bits per heavy atom. The number of thioether (sulfide) groups is 1. The number of aromatic amines is 1. The van der Waals surface area contributed by atoms with E-state index in [1.165, 1.54) is 11.8 Å². The first-order valence-electron chi connectivity index (χ1n) is 7.85. The summed E-state index contributed by atoms with van der Waals surface area (Å²) in [6.07, 6.45) is 0. The number of imidazole rings is 1. The van der Waals surface area contributed by atoms with Crippen LogP contribution in [0.4, 0.5) is 5.69 Å². The Hall–Kier alpha value is -2.38. The molecule has 0 bridgehead atoms. The first kappa shape index (κ1) is 18.4. The maximum atomic E-state index is 12.5. The number of nitrogens with one attached hydrogen (secondary N) is 2. The Labute approximate surface area is 160 Å². The third-order valence-corrected chi connectivity index (χ3v) is 4.95. The van der Waals surface area contributed by atoms with E-state index in [2.05, 4.69) is 15.3 Å². The zero-order chi connectivity index (χ0) is 18.7. The molecule has 136 valence electrons. The maximum absolute atomic E-state index is 12.5. The fraction of sp³-hybridized carbons (Fsp3) is 0.222. The molecule has 0 aliphatic rings. The largest absolute Gasteiger partial charge is 0.493 e. The second-order valence-electron chi connectivity index (χ2n) is 5.52. The molecular weight excluding hydrogens is 374 g/mol. The first-order valence-corrected chi connectivity index (χ1v) is 9.10. The summed E-state index contributed by atoms with van der Waals surface area (Å²) in [4.78, 5) is 20.1. The number of rotatable bonds is 6. The normalized spacial score (nSPS) is 12.0. The SMILES string of the molecule is COc1ccc(NC(=O)C(C)Sc2nc3ccc(Cl)cc3[nH]2)cc1OC. The molecule has 1 heterocycles. The van der Waals surface area contributed by atoms with Gasteiger partial charge in [-0.2, -0.15) is 0 Å². The lowest BCUT2D eigenvalue weighted by atomic mass is 10.2. The highest BCUT2D eigenvalue weighted by atomic mass is 35.5. The van der Waals surface area contributed by atoms with Crippen molar-refractivity contribution in [3.63, 3.8) is 0 Å². The highest BCUT2D eigenvalue weighted by Crippen LogP contribution is 2.30. The van der Waals surface area contributed by atoms with Gasteiger partial charge < -0.3 is 19.8 Å². The summed E-state index contributed by atoms with van der Waals surface area (Å²) in [6, 6.07) is 10.7. The lowest BCUT2D eigenvalue weighted by Crippen LogP contribution is -2.22. The molecule has 3 rings (SSSR count). The fourth-order valence-electron chi connectivity index (χ4n) is 2.39. The number of nitrogens with zero attached hydrogens (tertiary/aromatic N) is 1. The molecule has 26 heavy (non-hydrogen) atoms. The van der Waals surface area contributed by atoms with E-state index in [4.69, 9.17) is 21.1 Å². The Morgan fingerprint density at radius 3 is 2.69 bits per heavy atom. The Balaban J connectivity index is 1.69. The average molecular weight is 392 g/mol. The minimum Gasteiger partial charge on any atom is -0.493 e. The van der Waals surface area contributed by atoms with Crippen LogP contribution >= 0.6 is 23.4 Å². The summed E-state index contributed by atoms with van der Waals surface area (Å²) >= 11 is 7.33. The van der Waals surface area contributed by atoms with Gasteiger partial charge in [-0.3, -0.25) is 4.79 Å². The van der Waals surface area contributed by atoms with Crippen LogP contribution in [0.1, 0.15) is 6.92 Å². The molecule has 0 aliphatic carbocycles. The van der Waals surface area contributed by atoms with Crippen LogP contribution in [0.2, 0.25) is 5.02 Å². The van der Waals surface area contributed by atoms with Crippen LogP contribution < -0.4 is 14.8 Å². The summed E-state index contributed by atoms with van der Waals surface area (Å²) in [6.45, 7) is 1.82. The molecular formula is C18H18ClN3O3S. The van der Waals surface area contributed by atoms with Crippen LogP contribution in [0.3, 0.4) is 0 Å². The standard InChI is InChI=1S/C18H18ClN3O3S/c1-10(26-18-21-13-6-4-11(19)8-14(13)22-18)17(23)20-12-5-7-15(24-2)16(9-12)25-3/h4-10H,1-3H3,(H,20,23)(H,21,22). The number of benzene rings is 2. The number of carbonyl (C=O) groups excluding carboxylic acids is 1. The van der Waals surface area contributed by atoms with E-state index in [-0.39, 0.29) is 11.2 Å². The lowest BCUT2D eigenvalue weighted by Gasteiger charge is -2.13. The van der Waals surface area contributed by atoms with Crippen molar-refractivity contribution in [1.29, 1.82) is 0 Å². The number of ether oxygens (including phenoxy) is 2. The second-order valence-corrected chi connectivity index (χ2v) is 7.29. The van der Waals surface area contributed by atoms with E-state index < -0.39 is 0 Å². The summed E-state index contributed by atoms with van der Waals surface area (Å²) in [5.74, 6) is 1.02. The van der Waals surface area contributed by atoms with Crippen LogP contribution in [-0.4, -0.2) is 35.3 Å². The smallest absolute Gasteiger partial charge is 0.237 e. The first-order chi connectivity index (χ1) is 12.5. The molecule has 2 N–H and O–H groups in total. The van der Waals surface area contributed by atoms with Crippen molar-refractivity contribution in [2.45, 2.75) is 17.3 Å². The van der Waals surface area contributed by atoms with Crippen LogP contribution in [0.15, 0.2) is 41.6 Å². The van der Waals surface area contributed by atoms with E-state index in [1.54, 1.807) is 38.5 Å². The van der Waals surface area contributed by atoms with Gasteiger partial charge in [0, 0.05) is 16.8 Å². The van der Waals surface area contributed by atoms with Gasteiger partial charge in [0.2, 0.25) is 5.91 Å². The second kappa shape index (κ2) is 7.88. The minimum atomic E-state index is -0.348. The third kappa shape index (κ3) is 4.05. The molecule has 3 aromatic rings. The predicted molar refractivity (Wildman–Crippen MR) is 105 cm³/mol. The third-order valence-electron chi connectivity index (χ3n) is 3.73. The van der Waals surface area contributed by atoms with Gasteiger partial charge in [0.1, 0.15) is 0 Å². The maximum Gasteiger partial charge on any atom is 0.237 e. The van der Waals surface area contributed by atoms with Crippen LogP contribution in [0.25, 0.3) is 11.0 Å². The Kier molecular flexibility index (Phi) is 5.58. The van der Waals surface area contributed by atoms with Gasteiger partial charge >= 0.3 is 0 Å². The number of carbonyl (C=O) groups is 1. The van der Waals surface area contributed by atoms with Gasteiger partial charge in [0.05, 0.1) is 30.5 Å².